The Morgan fingerprint density at radius 2 is 1.05 bits per heavy atom. The van der Waals surface area contributed by atoms with Crippen LogP contribution in [0.15, 0.2) is 0 Å². The van der Waals surface area contributed by atoms with Crippen LogP contribution in [0.1, 0.15) is 46.0 Å². The quantitative estimate of drug-likeness (QED) is 0.298. The molecule has 0 rings (SSSR count). The van der Waals surface area contributed by atoms with Crippen LogP contribution in [0.5, 0.6) is 0 Å². The van der Waals surface area contributed by atoms with Crippen molar-refractivity contribution in [3.8, 4) is 0 Å². The third kappa shape index (κ3) is 25.8. The summed E-state index contributed by atoms with van der Waals surface area (Å²) in [5, 5.41) is 0. The van der Waals surface area contributed by atoms with Crippen LogP contribution >= 0.6 is 0 Å². The summed E-state index contributed by atoms with van der Waals surface area (Å²) in [7, 11) is 2.16. The van der Waals surface area contributed by atoms with Crippen LogP contribution in [0.4, 0.5) is 0 Å². The van der Waals surface area contributed by atoms with Gasteiger partial charge in [-0.25, -0.2) is 0 Å². The molecule has 0 aromatic rings. The molecule has 125 valence electrons. The van der Waals surface area contributed by atoms with E-state index in [0.29, 0.717) is 17.7 Å². The molecule has 0 amide bonds. The molecule has 0 heterocycles. The first kappa shape index (κ1) is 44.8. The second-order valence-electron chi connectivity index (χ2n) is 5.22. The Balaban J connectivity index is -0.0000000750. The molecule has 3 unspecified atom stereocenters. The summed E-state index contributed by atoms with van der Waals surface area (Å²) in [6.45, 7) is 19.2. The molecule has 7 radical (unpaired) electrons. The summed E-state index contributed by atoms with van der Waals surface area (Å²) in [6.07, 6.45) is 6.08. The fraction of sp³-hybridized carbons (Fsp3) is 0.800. The minimum Gasteiger partial charge on any atom is -0.348 e. The fourth-order valence-electron chi connectivity index (χ4n) is 2.32. The zero-order valence-corrected chi connectivity index (χ0v) is 22.6. The molecule has 0 aromatic heterocycles. The summed E-state index contributed by atoms with van der Waals surface area (Å²) >= 11 is 0. The molecule has 0 aliphatic rings. The number of hydrogen-bond acceptors (Lipinski definition) is 0. The van der Waals surface area contributed by atoms with Crippen molar-refractivity contribution < 1.29 is 111 Å². The van der Waals surface area contributed by atoms with Gasteiger partial charge >= 0.3 is 0 Å². The molecule has 0 saturated heterocycles. The van der Waals surface area contributed by atoms with E-state index in [1.165, 1.54) is 19.3 Å². The Morgan fingerprint density at radius 3 is 1.36 bits per heavy atom. The Labute approximate surface area is 213 Å². The van der Waals surface area contributed by atoms with Gasteiger partial charge in [0.05, 0.1) is 7.28 Å². The van der Waals surface area contributed by atoms with E-state index >= 15 is 0 Å². The molecule has 0 nitrogen and oxygen atoms in total. The van der Waals surface area contributed by atoms with Gasteiger partial charge in [0.1, 0.15) is 0 Å². The van der Waals surface area contributed by atoms with Gasteiger partial charge in [0.25, 0.3) is 0 Å². The predicted molar refractivity (Wildman–Crippen MR) is 76.3 cm³/mol. The van der Waals surface area contributed by atoms with Gasteiger partial charge in [-0.15, -0.1) is 12.8 Å². The smallest absolute Gasteiger partial charge is 0.0757 e. The molecule has 0 fully saturated rings. The Hall–Kier alpha value is 3.57. The molecule has 0 bridgehead atoms. The van der Waals surface area contributed by atoms with Crippen molar-refractivity contribution in [3.05, 3.63) is 20.8 Å². The topological polar surface area (TPSA) is 0 Å². The summed E-state index contributed by atoms with van der Waals surface area (Å²) in [4.78, 5) is 0. The minimum absolute atomic E-state index is 0. The van der Waals surface area contributed by atoms with E-state index in [1.54, 1.807) is 0 Å². The van der Waals surface area contributed by atoms with Crippen LogP contribution in [0.25, 0.3) is 0 Å². The van der Waals surface area contributed by atoms with Crippen molar-refractivity contribution in [3.63, 3.8) is 0 Å². The zero-order chi connectivity index (χ0) is 12.6. The molecule has 0 aliphatic carbocycles. The van der Waals surface area contributed by atoms with Crippen LogP contribution in [0, 0.1) is 38.5 Å². The van der Waals surface area contributed by atoms with E-state index in [1.807, 2.05) is 0 Å². The van der Waals surface area contributed by atoms with Crippen molar-refractivity contribution in [2.45, 2.75) is 58.6 Å². The molecule has 7 heteroatoms. The SMILES string of the molecule is [CH2-]C([B]C)CC([CH2-])CC([CH2-])CC(CC)CC.[V].[V].[V].[V].[V].[V]. The van der Waals surface area contributed by atoms with Crippen molar-refractivity contribution in [1.29, 1.82) is 0 Å². The largest absolute Gasteiger partial charge is 0.348 e. The maximum absolute atomic E-state index is 4.28. The molecule has 0 aliphatic heterocycles. The van der Waals surface area contributed by atoms with Gasteiger partial charge in [-0.05, 0) is 5.92 Å². The summed E-state index contributed by atoms with van der Waals surface area (Å²) in [5.41, 5.74) is 0. The Kier molecular flexibility index (Phi) is 59.7. The van der Waals surface area contributed by atoms with E-state index in [0.717, 1.165) is 18.8 Å². The average molecular weight is 526 g/mol. The zero-order valence-electron chi connectivity index (χ0n) is 14.2. The second-order valence-corrected chi connectivity index (χ2v) is 5.22. The van der Waals surface area contributed by atoms with Gasteiger partial charge in [-0.2, -0.15) is 17.7 Å². The van der Waals surface area contributed by atoms with E-state index in [9.17, 15) is 0 Å². The summed E-state index contributed by atoms with van der Waals surface area (Å²) in [5.74, 6) is 2.37. The van der Waals surface area contributed by atoms with Crippen molar-refractivity contribution in [2.24, 2.45) is 17.8 Å². The van der Waals surface area contributed by atoms with E-state index in [4.69, 9.17) is 0 Å². The fourth-order valence-corrected chi connectivity index (χ4v) is 2.32. The van der Waals surface area contributed by atoms with Crippen molar-refractivity contribution >= 4 is 7.28 Å². The Morgan fingerprint density at radius 1 is 0.682 bits per heavy atom. The van der Waals surface area contributed by atoms with Crippen molar-refractivity contribution in [1.82, 2.24) is 0 Å². The maximum atomic E-state index is 4.28. The average Bonchev–Trinajstić information content (AvgIpc) is 2.25. The normalized spacial score (nSPS) is 12.5. The molecule has 0 aromatic carbocycles. The number of hydrogen-bond donors (Lipinski definition) is 0. The third-order valence-corrected chi connectivity index (χ3v) is 3.60. The molecule has 0 spiro atoms. The van der Waals surface area contributed by atoms with Crippen LogP contribution in [0.3, 0.4) is 0 Å². The monoisotopic (exact) mass is 526 g/mol. The third-order valence-electron chi connectivity index (χ3n) is 3.60. The van der Waals surface area contributed by atoms with Gasteiger partial charge < -0.3 is 20.8 Å². The van der Waals surface area contributed by atoms with Crippen LogP contribution in [0.2, 0.25) is 12.6 Å². The minimum atomic E-state index is 0. The Bertz CT molecular complexity index is 170. The first-order valence-corrected chi connectivity index (χ1v) is 6.82. The maximum Gasteiger partial charge on any atom is 0.0757 e. The van der Waals surface area contributed by atoms with Gasteiger partial charge in [-0.3, -0.25) is 0 Å². The summed E-state index contributed by atoms with van der Waals surface area (Å²) < 4.78 is 0. The predicted octanol–water partition coefficient (Wildman–Crippen LogP) is 4.85. The summed E-state index contributed by atoms with van der Waals surface area (Å²) in [6, 6.07) is 0. The second kappa shape index (κ2) is 29.3. The van der Waals surface area contributed by atoms with E-state index in [2.05, 4.69) is 48.7 Å². The van der Waals surface area contributed by atoms with Gasteiger partial charge in [0.2, 0.25) is 0 Å². The molecule has 0 saturated carbocycles. The molecular weight excluding hydrogens is 497 g/mol. The molecule has 3 atom stereocenters. The van der Waals surface area contributed by atoms with Crippen LogP contribution < -0.4 is 0 Å². The molecule has 0 N–H and O–H groups in total. The van der Waals surface area contributed by atoms with Crippen molar-refractivity contribution in [2.75, 3.05) is 0 Å². The van der Waals surface area contributed by atoms with Crippen LogP contribution in [-0.2, 0) is 111 Å². The first-order valence-electron chi connectivity index (χ1n) is 6.82. The van der Waals surface area contributed by atoms with E-state index < -0.39 is 0 Å². The first-order chi connectivity index (χ1) is 7.53. The van der Waals surface area contributed by atoms with Crippen LogP contribution in [-0.4, -0.2) is 7.28 Å². The van der Waals surface area contributed by atoms with Gasteiger partial charge in [-0.1, -0.05) is 39.9 Å². The van der Waals surface area contributed by atoms with Gasteiger partial charge in [0.15, 0.2) is 0 Å². The standard InChI is InChI=1S/C15H29B.6V/c1-7-15(8-2)11-13(4)9-12(3)10-14(5)16-6;;;;;;/h12-15H,3-5,7-11H2,1-2,6H3;;;;;;/q-3;;;;;;. The van der Waals surface area contributed by atoms with Gasteiger partial charge in [0, 0.05) is 111 Å². The van der Waals surface area contributed by atoms with E-state index in [-0.39, 0.29) is 111 Å². The molecule has 22 heavy (non-hydrogen) atoms. The molecular formula is C15H29BV6-3. The number of rotatable bonds is 9.